The van der Waals surface area contributed by atoms with Gasteiger partial charge in [-0.05, 0) is 22.6 Å². The Labute approximate surface area is 92.7 Å². The van der Waals surface area contributed by atoms with E-state index in [1.54, 1.807) is 11.3 Å². The van der Waals surface area contributed by atoms with Gasteiger partial charge in [-0.15, -0.1) is 11.3 Å². The SMILES string of the molecule is C=C(F)Cc1ccc(-c2cccs2)cc1. The number of halogens is 1. The number of hydrogen-bond acceptors (Lipinski definition) is 1. The lowest BCUT2D eigenvalue weighted by atomic mass is 10.1. The van der Waals surface area contributed by atoms with Crippen molar-refractivity contribution in [1.29, 1.82) is 0 Å². The van der Waals surface area contributed by atoms with Crippen molar-refractivity contribution in [3.05, 3.63) is 59.7 Å². The molecule has 0 spiro atoms. The average Bonchev–Trinajstić information content (AvgIpc) is 2.71. The first-order chi connectivity index (χ1) is 7.25. The molecule has 0 radical (unpaired) electrons. The van der Waals surface area contributed by atoms with Crippen molar-refractivity contribution in [2.75, 3.05) is 0 Å². The Bertz CT molecular complexity index is 440. The number of allylic oxidation sites excluding steroid dienone is 1. The molecule has 0 amide bonds. The summed E-state index contributed by atoms with van der Waals surface area (Å²) in [5.41, 5.74) is 2.14. The Balaban J connectivity index is 2.21. The van der Waals surface area contributed by atoms with Gasteiger partial charge in [0.1, 0.15) is 0 Å². The standard InChI is InChI=1S/C13H11FS/c1-10(14)9-11-4-6-12(7-5-11)13-3-2-8-15-13/h2-8H,1,9H2. The molecule has 0 saturated carbocycles. The van der Waals surface area contributed by atoms with E-state index in [1.165, 1.54) is 10.4 Å². The van der Waals surface area contributed by atoms with E-state index in [-0.39, 0.29) is 5.83 Å². The third kappa shape index (κ3) is 2.54. The van der Waals surface area contributed by atoms with Crippen molar-refractivity contribution in [2.45, 2.75) is 6.42 Å². The number of benzene rings is 1. The van der Waals surface area contributed by atoms with Crippen LogP contribution in [0.25, 0.3) is 10.4 Å². The van der Waals surface area contributed by atoms with Gasteiger partial charge in [0.15, 0.2) is 0 Å². The molecule has 2 heteroatoms. The van der Waals surface area contributed by atoms with Gasteiger partial charge >= 0.3 is 0 Å². The number of rotatable bonds is 3. The Hall–Kier alpha value is -1.41. The molecule has 2 aromatic rings. The molecule has 0 nitrogen and oxygen atoms in total. The molecule has 1 aromatic heterocycles. The predicted molar refractivity (Wildman–Crippen MR) is 63.7 cm³/mol. The summed E-state index contributed by atoms with van der Waals surface area (Å²) in [6.45, 7) is 3.26. The van der Waals surface area contributed by atoms with E-state index in [0.29, 0.717) is 6.42 Å². The zero-order chi connectivity index (χ0) is 10.7. The first-order valence-electron chi connectivity index (χ1n) is 4.72. The Kier molecular flexibility index (Phi) is 2.97. The smallest absolute Gasteiger partial charge is 0.0971 e. The van der Waals surface area contributed by atoms with Crippen molar-refractivity contribution in [3.63, 3.8) is 0 Å². The Morgan fingerprint density at radius 1 is 1.20 bits per heavy atom. The van der Waals surface area contributed by atoms with Crippen LogP contribution in [0.4, 0.5) is 4.39 Å². The summed E-state index contributed by atoms with van der Waals surface area (Å²) < 4.78 is 12.6. The van der Waals surface area contributed by atoms with Gasteiger partial charge < -0.3 is 0 Å². The second-order valence-corrected chi connectivity index (χ2v) is 4.32. The van der Waals surface area contributed by atoms with Crippen LogP contribution in [0.5, 0.6) is 0 Å². The normalized spacial score (nSPS) is 10.2. The molecule has 0 atom stereocenters. The predicted octanol–water partition coefficient (Wildman–Crippen LogP) is 4.44. The van der Waals surface area contributed by atoms with Crippen LogP contribution < -0.4 is 0 Å². The molecule has 0 aliphatic heterocycles. The van der Waals surface area contributed by atoms with E-state index in [9.17, 15) is 4.39 Å². The highest BCUT2D eigenvalue weighted by molar-refractivity contribution is 7.13. The Morgan fingerprint density at radius 2 is 1.93 bits per heavy atom. The van der Waals surface area contributed by atoms with Crippen LogP contribution in [-0.4, -0.2) is 0 Å². The van der Waals surface area contributed by atoms with E-state index in [1.807, 2.05) is 35.7 Å². The van der Waals surface area contributed by atoms with Crippen molar-refractivity contribution >= 4 is 11.3 Å². The van der Waals surface area contributed by atoms with E-state index < -0.39 is 0 Å². The number of thiophene rings is 1. The molecule has 0 unspecified atom stereocenters. The first kappa shape index (κ1) is 10.1. The van der Waals surface area contributed by atoms with Crippen molar-refractivity contribution in [1.82, 2.24) is 0 Å². The molecule has 0 saturated heterocycles. The zero-order valence-corrected chi connectivity index (χ0v) is 9.06. The van der Waals surface area contributed by atoms with Gasteiger partial charge in [-0.2, -0.15) is 0 Å². The van der Waals surface area contributed by atoms with Gasteiger partial charge in [0.2, 0.25) is 0 Å². The lowest BCUT2D eigenvalue weighted by Crippen LogP contribution is -1.83. The van der Waals surface area contributed by atoms with Crippen LogP contribution in [0.15, 0.2) is 54.2 Å². The highest BCUT2D eigenvalue weighted by Crippen LogP contribution is 2.25. The highest BCUT2D eigenvalue weighted by atomic mass is 32.1. The molecule has 0 fully saturated rings. The second-order valence-electron chi connectivity index (χ2n) is 3.37. The topological polar surface area (TPSA) is 0 Å². The maximum absolute atomic E-state index is 12.6. The Morgan fingerprint density at radius 3 is 2.47 bits per heavy atom. The van der Waals surface area contributed by atoms with Gasteiger partial charge in [-0.25, -0.2) is 4.39 Å². The summed E-state index contributed by atoms with van der Waals surface area (Å²) in [4.78, 5) is 1.24. The van der Waals surface area contributed by atoms with Crippen LogP contribution in [0.3, 0.4) is 0 Å². The zero-order valence-electron chi connectivity index (χ0n) is 8.24. The molecular formula is C13H11FS. The van der Waals surface area contributed by atoms with E-state index >= 15 is 0 Å². The fourth-order valence-corrected chi connectivity index (χ4v) is 2.18. The summed E-state index contributed by atoms with van der Waals surface area (Å²) >= 11 is 1.70. The van der Waals surface area contributed by atoms with Crippen LogP contribution >= 0.6 is 11.3 Å². The fraction of sp³-hybridized carbons (Fsp3) is 0.0769. The monoisotopic (exact) mass is 218 g/mol. The molecule has 15 heavy (non-hydrogen) atoms. The lowest BCUT2D eigenvalue weighted by molar-refractivity contribution is 0.617. The molecule has 2 rings (SSSR count). The summed E-state index contributed by atoms with van der Waals surface area (Å²) in [6.07, 6.45) is 0.310. The van der Waals surface area contributed by atoms with Crippen LogP contribution in [0, 0.1) is 0 Å². The summed E-state index contributed by atoms with van der Waals surface area (Å²) in [7, 11) is 0. The van der Waals surface area contributed by atoms with Crippen LogP contribution in [-0.2, 0) is 6.42 Å². The van der Waals surface area contributed by atoms with Gasteiger partial charge in [0.25, 0.3) is 0 Å². The minimum atomic E-state index is -0.293. The van der Waals surface area contributed by atoms with Gasteiger partial charge in [0.05, 0.1) is 5.83 Å². The molecule has 0 aliphatic rings. The minimum absolute atomic E-state index is 0.293. The van der Waals surface area contributed by atoms with E-state index in [0.717, 1.165) is 5.56 Å². The third-order valence-electron chi connectivity index (χ3n) is 2.16. The van der Waals surface area contributed by atoms with Gasteiger partial charge in [0, 0.05) is 11.3 Å². The largest absolute Gasteiger partial charge is 0.212 e. The molecule has 0 aliphatic carbocycles. The maximum Gasteiger partial charge on any atom is 0.0971 e. The summed E-state index contributed by atoms with van der Waals surface area (Å²) in [5, 5.41) is 2.05. The molecule has 1 heterocycles. The molecule has 0 N–H and O–H groups in total. The first-order valence-corrected chi connectivity index (χ1v) is 5.60. The minimum Gasteiger partial charge on any atom is -0.212 e. The molecular weight excluding hydrogens is 207 g/mol. The van der Waals surface area contributed by atoms with Gasteiger partial charge in [-0.3, -0.25) is 0 Å². The fourth-order valence-electron chi connectivity index (χ4n) is 1.45. The third-order valence-corrected chi connectivity index (χ3v) is 3.07. The average molecular weight is 218 g/mol. The van der Waals surface area contributed by atoms with Gasteiger partial charge in [-0.1, -0.05) is 36.9 Å². The number of hydrogen-bond donors (Lipinski definition) is 0. The molecule has 1 aromatic carbocycles. The molecule has 0 bridgehead atoms. The lowest BCUT2D eigenvalue weighted by Gasteiger charge is -2.00. The molecule has 76 valence electrons. The van der Waals surface area contributed by atoms with Crippen molar-refractivity contribution in [3.8, 4) is 10.4 Å². The van der Waals surface area contributed by atoms with Crippen LogP contribution in [0.1, 0.15) is 5.56 Å². The van der Waals surface area contributed by atoms with Crippen LogP contribution in [0.2, 0.25) is 0 Å². The highest BCUT2D eigenvalue weighted by Gasteiger charge is 1.99. The summed E-state index contributed by atoms with van der Waals surface area (Å²) in [6, 6.07) is 12.0. The quantitative estimate of drug-likeness (QED) is 0.714. The van der Waals surface area contributed by atoms with E-state index in [2.05, 4.69) is 12.6 Å². The maximum atomic E-state index is 12.6. The summed E-state index contributed by atoms with van der Waals surface area (Å²) in [5.74, 6) is -0.293. The second kappa shape index (κ2) is 4.41. The van der Waals surface area contributed by atoms with Crippen molar-refractivity contribution in [2.24, 2.45) is 0 Å². The van der Waals surface area contributed by atoms with Crippen molar-refractivity contribution < 1.29 is 4.39 Å². The van der Waals surface area contributed by atoms with E-state index in [4.69, 9.17) is 0 Å².